The molecule has 0 bridgehead atoms. The molecule has 7 nitrogen and oxygen atoms in total. The number of nitrogen functional groups attached to an aromatic ring is 1. The van der Waals surface area contributed by atoms with E-state index >= 15 is 0 Å². The number of halogens is 3. The lowest BCUT2D eigenvalue weighted by molar-refractivity contribution is -0.110. The fourth-order valence-electron chi connectivity index (χ4n) is 3.31. The maximum atomic E-state index is 14.0. The summed E-state index contributed by atoms with van der Waals surface area (Å²) in [6.45, 7) is 1.37. The van der Waals surface area contributed by atoms with Crippen molar-refractivity contribution in [3.63, 3.8) is 0 Å². The van der Waals surface area contributed by atoms with Gasteiger partial charge in [0.05, 0.1) is 24.6 Å². The topological polar surface area (TPSA) is 109 Å². The van der Waals surface area contributed by atoms with Crippen LogP contribution in [0.1, 0.15) is 36.9 Å². The van der Waals surface area contributed by atoms with E-state index in [0.29, 0.717) is 6.61 Å². The summed E-state index contributed by atoms with van der Waals surface area (Å²) in [4.78, 5) is 3.67. The predicted molar refractivity (Wildman–Crippen MR) is 89.5 cm³/mol. The average Bonchev–Trinajstić information content (AvgIpc) is 2.85. The summed E-state index contributed by atoms with van der Waals surface area (Å²) in [5, 5.41) is 21.7. The Hall–Kier alpha value is -2.38. The van der Waals surface area contributed by atoms with Crippen LogP contribution in [0.4, 0.5) is 19.1 Å². The molecule has 2 aromatic heterocycles. The SMILES string of the molecule is N#Cc1c(F)c2cnc(N)nn2c1CC1CC(F)(F)C1.OC1CCCOC1. The van der Waals surface area contributed by atoms with Crippen molar-refractivity contribution in [1.29, 1.82) is 5.26 Å². The van der Waals surface area contributed by atoms with Gasteiger partial charge in [-0.2, -0.15) is 5.26 Å². The van der Waals surface area contributed by atoms with Crippen LogP contribution in [0.3, 0.4) is 0 Å². The Morgan fingerprint density at radius 2 is 2.19 bits per heavy atom. The lowest BCUT2D eigenvalue weighted by atomic mass is 9.78. The maximum Gasteiger partial charge on any atom is 0.248 e. The highest BCUT2D eigenvalue weighted by atomic mass is 19.3. The van der Waals surface area contributed by atoms with Crippen LogP contribution in [0.15, 0.2) is 6.20 Å². The summed E-state index contributed by atoms with van der Waals surface area (Å²) in [6.07, 6.45) is 2.58. The normalized spacial score (nSPS) is 21.8. The molecular weight excluding hydrogens is 363 g/mol. The van der Waals surface area contributed by atoms with Crippen LogP contribution in [0, 0.1) is 23.1 Å². The Labute approximate surface area is 153 Å². The van der Waals surface area contributed by atoms with E-state index in [1.807, 2.05) is 0 Å². The molecule has 1 atom stereocenters. The fourth-order valence-corrected chi connectivity index (χ4v) is 3.31. The summed E-state index contributed by atoms with van der Waals surface area (Å²) < 4.78 is 45.9. The molecule has 1 unspecified atom stereocenters. The van der Waals surface area contributed by atoms with Crippen LogP contribution in [0.2, 0.25) is 0 Å². The van der Waals surface area contributed by atoms with E-state index in [0.717, 1.165) is 19.4 Å². The number of hydrogen-bond acceptors (Lipinski definition) is 6. The van der Waals surface area contributed by atoms with E-state index in [1.165, 1.54) is 10.7 Å². The van der Waals surface area contributed by atoms with Gasteiger partial charge in [-0.25, -0.2) is 22.7 Å². The Balaban J connectivity index is 0.000000253. The largest absolute Gasteiger partial charge is 0.391 e. The summed E-state index contributed by atoms with van der Waals surface area (Å²) >= 11 is 0. The summed E-state index contributed by atoms with van der Waals surface area (Å²) in [7, 11) is 0. The number of alkyl halides is 2. The molecule has 2 fully saturated rings. The van der Waals surface area contributed by atoms with Gasteiger partial charge in [0, 0.05) is 19.4 Å². The van der Waals surface area contributed by atoms with Crippen LogP contribution in [-0.2, 0) is 11.2 Å². The van der Waals surface area contributed by atoms with Crippen molar-refractivity contribution in [2.45, 2.75) is 44.1 Å². The first kappa shape index (κ1) is 19.4. The third kappa shape index (κ3) is 4.31. The van der Waals surface area contributed by atoms with Crippen LogP contribution < -0.4 is 5.73 Å². The standard InChI is InChI=1S/C12H10F3N5.C5H10O2/c13-10-7(4-16)8(1-6-2-12(14,15)3-6)20-9(10)5-18-11(17)19-20;6-5-2-1-3-7-4-5/h5-6H,1-3H2,(H2,17,19);5-6H,1-4H2. The van der Waals surface area contributed by atoms with Gasteiger partial charge in [-0.3, -0.25) is 0 Å². The van der Waals surface area contributed by atoms with E-state index in [-0.39, 0.29) is 54.0 Å². The molecule has 10 heteroatoms. The van der Waals surface area contributed by atoms with Gasteiger partial charge in [-0.05, 0) is 25.2 Å². The maximum absolute atomic E-state index is 14.0. The van der Waals surface area contributed by atoms with E-state index in [4.69, 9.17) is 20.8 Å². The Morgan fingerprint density at radius 3 is 2.70 bits per heavy atom. The van der Waals surface area contributed by atoms with Crippen molar-refractivity contribution in [2.75, 3.05) is 18.9 Å². The Morgan fingerprint density at radius 1 is 1.44 bits per heavy atom. The van der Waals surface area contributed by atoms with Gasteiger partial charge < -0.3 is 15.6 Å². The number of aliphatic hydroxyl groups is 1. The smallest absolute Gasteiger partial charge is 0.248 e. The molecule has 3 heterocycles. The molecular formula is C17H20F3N5O2. The third-order valence-electron chi connectivity index (χ3n) is 4.64. The number of hydrogen-bond donors (Lipinski definition) is 2. The minimum Gasteiger partial charge on any atom is -0.391 e. The molecule has 2 aromatic rings. The predicted octanol–water partition coefficient (Wildman–Crippen LogP) is 2.07. The lowest BCUT2D eigenvalue weighted by Gasteiger charge is -2.34. The zero-order valence-corrected chi connectivity index (χ0v) is 14.5. The number of aliphatic hydroxyl groups excluding tert-OH is 1. The number of fused-ring (bicyclic) bond motifs is 1. The van der Waals surface area contributed by atoms with Crippen molar-refractivity contribution in [1.82, 2.24) is 14.6 Å². The van der Waals surface area contributed by atoms with E-state index < -0.39 is 11.7 Å². The van der Waals surface area contributed by atoms with Gasteiger partial charge in [0.25, 0.3) is 0 Å². The van der Waals surface area contributed by atoms with Gasteiger partial charge in [0.1, 0.15) is 17.1 Å². The van der Waals surface area contributed by atoms with Crippen LogP contribution in [0.25, 0.3) is 5.52 Å². The molecule has 1 saturated heterocycles. The highest BCUT2D eigenvalue weighted by Gasteiger charge is 2.45. The number of ether oxygens (including phenoxy) is 1. The van der Waals surface area contributed by atoms with Crippen LogP contribution in [-0.4, -0.2) is 44.9 Å². The molecule has 2 aliphatic rings. The number of nitrogens with zero attached hydrogens (tertiary/aromatic N) is 4. The number of nitriles is 1. The van der Waals surface area contributed by atoms with E-state index in [2.05, 4.69) is 10.1 Å². The molecule has 3 N–H and O–H groups in total. The van der Waals surface area contributed by atoms with Crippen LogP contribution >= 0.6 is 0 Å². The van der Waals surface area contributed by atoms with Crippen molar-refractivity contribution in [3.05, 3.63) is 23.3 Å². The molecule has 4 rings (SSSR count). The molecule has 0 spiro atoms. The fraction of sp³-hybridized carbons (Fsp3) is 0.588. The van der Waals surface area contributed by atoms with E-state index in [1.54, 1.807) is 6.07 Å². The van der Waals surface area contributed by atoms with Crippen molar-refractivity contribution in [3.8, 4) is 6.07 Å². The minimum absolute atomic E-state index is 0.0248. The second-order valence-electron chi connectivity index (χ2n) is 6.87. The highest BCUT2D eigenvalue weighted by molar-refractivity contribution is 5.57. The molecule has 27 heavy (non-hydrogen) atoms. The first-order chi connectivity index (χ1) is 12.8. The van der Waals surface area contributed by atoms with Gasteiger partial charge in [0.15, 0.2) is 5.82 Å². The quantitative estimate of drug-likeness (QED) is 0.822. The molecule has 0 radical (unpaired) electrons. The average molecular weight is 383 g/mol. The first-order valence-electron chi connectivity index (χ1n) is 8.66. The molecule has 1 aliphatic carbocycles. The van der Waals surface area contributed by atoms with Gasteiger partial charge >= 0.3 is 0 Å². The van der Waals surface area contributed by atoms with Crippen molar-refractivity contribution >= 4 is 11.5 Å². The summed E-state index contributed by atoms with van der Waals surface area (Å²) in [6, 6.07) is 1.76. The summed E-state index contributed by atoms with van der Waals surface area (Å²) in [5.41, 5.74) is 5.56. The summed E-state index contributed by atoms with van der Waals surface area (Å²) in [5.74, 6) is -3.76. The molecule has 146 valence electrons. The number of nitrogens with two attached hydrogens (primary N) is 1. The number of anilines is 1. The van der Waals surface area contributed by atoms with Gasteiger partial charge in [-0.15, -0.1) is 5.10 Å². The number of rotatable bonds is 2. The number of aromatic nitrogens is 3. The molecule has 0 amide bonds. The van der Waals surface area contributed by atoms with E-state index in [9.17, 15) is 13.2 Å². The van der Waals surface area contributed by atoms with Crippen molar-refractivity contribution < 1.29 is 23.0 Å². The molecule has 1 saturated carbocycles. The highest BCUT2D eigenvalue weighted by Crippen LogP contribution is 2.44. The lowest BCUT2D eigenvalue weighted by Crippen LogP contribution is -2.36. The Kier molecular flexibility index (Phi) is 5.53. The zero-order valence-electron chi connectivity index (χ0n) is 14.5. The Bertz CT molecular complexity index is 850. The second kappa shape index (κ2) is 7.70. The van der Waals surface area contributed by atoms with Crippen molar-refractivity contribution in [2.24, 2.45) is 5.92 Å². The minimum atomic E-state index is -2.66. The second-order valence-corrected chi connectivity index (χ2v) is 6.87. The van der Waals surface area contributed by atoms with Crippen LogP contribution in [0.5, 0.6) is 0 Å². The first-order valence-corrected chi connectivity index (χ1v) is 8.66. The van der Waals surface area contributed by atoms with Gasteiger partial charge in [-0.1, -0.05) is 0 Å². The molecule has 0 aromatic carbocycles. The zero-order chi connectivity index (χ0) is 19.6. The monoisotopic (exact) mass is 383 g/mol. The third-order valence-corrected chi connectivity index (χ3v) is 4.64. The van der Waals surface area contributed by atoms with Gasteiger partial charge in [0.2, 0.25) is 11.9 Å². The molecule has 1 aliphatic heterocycles.